The molecule has 0 spiro atoms. The van der Waals surface area contributed by atoms with Crippen LogP contribution in [0.15, 0.2) is 36.7 Å². The van der Waals surface area contributed by atoms with Crippen molar-refractivity contribution in [1.82, 2.24) is 9.97 Å². The molecule has 0 aliphatic carbocycles. The maximum absolute atomic E-state index is 13.9. The Labute approximate surface area is 183 Å². The van der Waals surface area contributed by atoms with Gasteiger partial charge in [-0.05, 0) is 30.7 Å². The van der Waals surface area contributed by atoms with Gasteiger partial charge in [0.05, 0.1) is 25.8 Å². The second-order valence-corrected chi connectivity index (χ2v) is 7.96. The zero-order chi connectivity index (χ0) is 21.5. The molecule has 2 fully saturated rings. The molecule has 2 aliphatic heterocycles. The van der Waals surface area contributed by atoms with E-state index in [1.165, 1.54) is 6.33 Å². The van der Waals surface area contributed by atoms with Crippen LogP contribution in [0.5, 0.6) is 11.5 Å². The topological polar surface area (TPSA) is 74.7 Å². The highest BCUT2D eigenvalue weighted by Crippen LogP contribution is 2.38. The van der Waals surface area contributed by atoms with Crippen molar-refractivity contribution < 1.29 is 23.3 Å². The standard InChI is InChI=1S/C22H21ClFN3O4/c1-11-13(23)4-3-5-15(11)27-22-12-6-17(28-2)18(7-16(12)25-10-26-22)31-19-9-30-20-14(24)8-29-21(19)20/h3-7,10,14,19-21H,8-9H2,1-2H3,(H,25,26,27)/t14-,19?,20+,21+/m1/s1. The summed E-state index contributed by atoms with van der Waals surface area (Å²) in [6.45, 7) is 2.21. The van der Waals surface area contributed by atoms with Crippen LogP contribution >= 0.6 is 11.6 Å². The average molecular weight is 446 g/mol. The maximum atomic E-state index is 13.9. The molecule has 9 heteroatoms. The first-order valence-electron chi connectivity index (χ1n) is 9.94. The van der Waals surface area contributed by atoms with E-state index in [9.17, 15) is 4.39 Å². The van der Waals surface area contributed by atoms with Gasteiger partial charge in [0.2, 0.25) is 0 Å². The number of alkyl halides is 1. The van der Waals surface area contributed by atoms with Gasteiger partial charge < -0.3 is 24.3 Å². The molecule has 1 N–H and O–H groups in total. The normalized spacial score (nSPS) is 24.9. The lowest BCUT2D eigenvalue weighted by atomic mass is 10.1. The Balaban J connectivity index is 1.47. The van der Waals surface area contributed by atoms with Crippen molar-refractivity contribution in [2.45, 2.75) is 31.4 Å². The molecule has 0 radical (unpaired) electrons. The highest BCUT2D eigenvalue weighted by molar-refractivity contribution is 6.31. The second kappa shape index (κ2) is 8.11. The molecule has 1 aromatic heterocycles. The predicted octanol–water partition coefficient (Wildman–Crippen LogP) is 4.23. The number of fused-ring (bicyclic) bond motifs is 2. The number of nitrogens with one attached hydrogen (secondary N) is 1. The van der Waals surface area contributed by atoms with E-state index in [1.54, 1.807) is 13.2 Å². The lowest BCUT2D eigenvalue weighted by Gasteiger charge is -2.20. The van der Waals surface area contributed by atoms with E-state index in [2.05, 4.69) is 15.3 Å². The molecular weight excluding hydrogens is 425 g/mol. The van der Waals surface area contributed by atoms with Crippen molar-refractivity contribution in [3.63, 3.8) is 0 Å². The van der Waals surface area contributed by atoms with Gasteiger partial charge in [0, 0.05) is 22.2 Å². The number of anilines is 2. The summed E-state index contributed by atoms with van der Waals surface area (Å²) >= 11 is 6.24. The van der Waals surface area contributed by atoms with Crippen LogP contribution in [0.25, 0.3) is 10.9 Å². The Morgan fingerprint density at radius 3 is 2.81 bits per heavy atom. The summed E-state index contributed by atoms with van der Waals surface area (Å²) in [5.74, 6) is 1.61. The van der Waals surface area contributed by atoms with Gasteiger partial charge in [-0.15, -0.1) is 0 Å². The van der Waals surface area contributed by atoms with Gasteiger partial charge in [-0.1, -0.05) is 17.7 Å². The summed E-state index contributed by atoms with van der Waals surface area (Å²) in [6, 6.07) is 9.23. The monoisotopic (exact) mass is 445 g/mol. The molecular formula is C22H21ClFN3O4. The number of rotatable bonds is 5. The summed E-state index contributed by atoms with van der Waals surface area (Å²) in [5, 5.41) is 4.74. The fourth-order valence-corrected chi connectivity index (χ4v) is 4.14. The zero-order valence-corrected chi connectivity index (χ0v) is 17.7. The first kappa shape index (κ1) is 20.2. The van der Waals surface area contributed by atoms with E-state index < -0.39 is 24.5 Å². The van der Waals surface area contributed by atoms with Crippen LogP contribution in [0.1, 0.15) is 5.56 Å². The smallest absolute Gasteiger partial charge is 0.164 e. The van der Waals surface area contributed by atoms with E-state index in [4.69, 9.17) is 30.5 Å². The number of methoxy groups -OCH3 is 1. The Morgan fingerprint density at radius 1 is 1.13 bits per heavy atom. The minimum absolute atomic E-state index is 0.0230. The van der Waals surface area contributed by atoms with Crippen molar-refractivity contribution in [3.8, 4) is 11.5 Å². The van der Waals surface area contributed by atoms with Gasteiger partial charge in [0.15, 0.2) is 23.8 Å². The molecule has 5 rings (SSSR count). The van der Waals surface area contributed by atoms with Gasteiger partial charge in [-0.25, -0.2) is 14.4 Å². The van der Waals surface area contributed by atoms with Gasteiger partial charge in [-0.2, -0.15) is 0 Å². The lowest BCUT2D eigenvalue weighted by Crippen LogP contribution is -2.33. The predicted molar refractivity (Wildman–Crippen MR) is 114 cm³/mol. The molecule has 0 bridgehead atoms. The first-order chi connectivity index (χ1) is 15.0. The number of hydrogen-bond acceptors (Lipinski definition) is 7. The third kappa shape index (κ3) is 3.64. The molecule has 4 atom stereocenters. The fraction of sp³-hybridized carbons (Fsp3) is 0.364. The van der Waals surface area contributed by atoms with Crippen LogP contribution in [0.3, 0.4) is 0 Å². The maximum Gasteiger partial charge on any atom is 0.164 e. The van der Waals surface area contributed by atoms with Gasteiger partial charge in [0.25, 0.3) is 0 Å². The number of aromatic nitrogens is 2. The molecule has 1 unspecified atom stereocenters. The van der Waals surface area contributed by atoms with E-state index in [-0.39, 0.29) is 13.2 Å². The van der Waals surface area contributed by atoms with Crippen LogP contribution in [0.2, 0.25) is 5.02 Å². The zero-order valence-electron chi connectivity index (χ0n) is 17.0. The minimum atomic E-state index is -1.13. The summed E-state index contributed by atoms with van der Waals surface area (Å²) in [7, 11) is 1.56. The van der Waals surface area contributed by atoms with E-state index in [0.29, 0.717) is 27.9 Å². The molecule has 0 saturated carbocycles. The third-order valence-electron chi connectivity index (χ3n) is 5.67. The van der Waals surface area contributed by atoms with Crippen molar-refractivity contribution >= 4 is 34.0 Å². The number of hydrogen-bond donors (Lipinski definition) is 1. The molecule has 3 aromatic rings. The quantitative estimate of drug-likeness (QED) is 0.630. The molecule has 162 valence electrons. The fourth-order valence-electron chi connectivity index (χ4n) is 3.97. The molecule has 2 saturated heterocycles. The van der Waals surface area contributed by atoms with Crippen LogP contribution in [-0.4, -0.2) is 54.8 Å². The van der Waals surface area contributed by atoms with Crippen LogP contribution < -0.4 is 14.8 Å². The highest BCUT2D eigenvalue weighted by Gasteiger charge is 2.49. The average Bonchev–Trinajstić information content (AvgIpc) is 3.34. The Hall–Kier alpha value is -2.68. The van der Waals surface area contributed by atoms with E-state index in [0.717, 1.165) is 16.6 Å². The number of nitrogens with zero attached hydrogens (tertiary/aromatic N) is 2. The van der Waals surface area contributed by atoms with Crippen molar-refractivity contribution in [2.75, 3.05) is 25.6 Å². The summed E-state index contributed by atoms with van der Waals surface area (Å²) in [4.78, 5) is 8.77. The van der Waals surface area contributed by atoms with Crippen molar-refractivity contribution in [3.05, 3.63) is 47.2 Å². The Bertz CT molecular complexity index is 1130. The molecule has 0 amide bonds. The van der Waals surface area contributed by atoms with Crippen LogP contribution in [0, 0.1) is 6.92 Å². The molecule has 2 aliphatic rings. The number of benzene rings is 2. The molecule has 7 nitrogen and oxygen atoms in total. The van der Waals surface area contributed by atoms with Crippen molar-refractivity contribution in [2.24, 2.45) is 0 Å². The largest absolute Gasteiger partial charge is 0.493 e. The summed E-state index contributed by atoms with van der Waals surface area (Å²) in [6.07, 6.45) is -1.11. The Kier molecular flexibility index (Phi) is 5.29. The Morgan fingerprint density at radius 2 is 1.97 bits per heavy atom. The van der Waals surface area contributed by atoms with E-state index in [1.807, 2.05) is 31.2 Å². The molecule has 3 heterocycles. The van der Waals surface area contributed by atoms with Gasteiger partial charge in [-0.3, -0.25) is 0 Å². The van der Waals surface area contributed by atoms with Crippen molar-refractivity contribution in [1.29, 1.82) is 0 Å². The number of ether oxygens (including phenoxy) is 4. The molecule has 2 aromatic carbocycles. The number of halogens is 2. The summed E-state index contributed by atoms with van der Waals surface area (Å²) in [5.41, 5.74) is 2.43. The van der Waals surface area contributed by atoms with Gasteiger partial charge >= 0.3 is 0 Å². The van der Waals surface area contributed by atoms with Crippen LogP contribution in [0.4, 0.5) is 15.9 Å². The minimum Gasteiger partial charge on any atom is -0.493 e. The van der Waals surface area contributed by atoms with Gasteiger partial charge in [0.1, 0.15) is 24.4 Å². The van der Waals surface area contributed by atoms with E-state index >= 15 is 0 Å². The summed E-state index contributed by atoms with van der Waals surface area (Å²) < 4.78 is 36.6. The first-order valence-corrected chi connectivity index (χ1v) is 10.3. The highest BCUT2D eigenvalue weighted by atomic mass is 35.5. The second-order valence-electron chi connectivity index (χ2n) is 7.55. The lowest BCUT2D eigenvalue weighted by molar-refractivity contribution is 0.0271. The molecule has 31 heavy (non-hydrogen) atoms. The van der Waals surface area contributed by atoms with Crippen LogP contribution in [-0.2, 0) is 9.47 Å². The SMILES string of the molecule is COc1cc2c(Nc3cccc(Cl)c3C)ncnc2cc1OC1CO[C@H]2[C@H](F)CO[C@@H]12. The third-order valence-corrected chi connectivity index (χ3v) is 6.08.